The highest BCUT2D eigenvalue weighted by Gasteiger charge is 2.22. The number of pyridine rings is 1. The zero-order valence-electron chi connectivity index (χ0n) is 15.6. The van der Waals surface area contributed by atoms with Gasteiger partial charge in [-0.1, -0.05) is 0 Å². The summed E-state index contributed by atoms with van der Waals surface area (Å²) in [5.74, 6) is 1.85. The zero-order valence-corrected chi connectivity index (χ0v) is 15.6. The number of nitrogens with zero attached hydrogens (tertiary/aromatic N) is 8. The van der Waals surface area contributed by atoms with E-state index in [0.717, 1.165) is 60.5 Å². The molecule has 4 aromatic heterocycles. The van der Waals surface area contributed by atoms with Crippen LogP contribution in [-0.4, -0.2) is 55.7 Å². The molecular weight excluding hydrogens is 352 g/mol. The van der Waals surface area contributed by atoms with E-state index in [1.54, 1.807) is 18.6 Å². The highest BCUT2D eigenvalue weighted by Crippen LogP contribution is 2.22. The van der Waals surface area contributed by atoms with Gasteiger partial charge in [0, 0.05) is 68.2 Å². The first-order valence-corrected chi connectivity index (χ1v) is 9.33. The van der Waals surface area contributed by atoms with Gasteiger partial charge in [-0.2, -0.15) is 9.61 Å². The third-order valence-corrected chi connectivity index (χ3v) is 4.97. The second-order valence-corrected chi connectivity index (χ2v) is 6.81. The average Bonchev–Trinajstić information content (AvgIpc) is 3.22. The van der Waals surface area contributed by atoms with Crippen molar-refractivity contribution in [3.8, 4) is 11.3 Å². The maximum absolute atomic E-state index is 4.76. The molecule has 1 aliphatic heterocycles. The van der Waals surface area contributed by atoms with Gasteiger partial charge in [0.05, 0.1) is 11.9 Å². The molecule has 1 fully saturated rings. The molecule has 1 saturated heterocycles. The van der Waals surface area contributed by atoms with Crippen molar-refractivity contribution in [1.29, 1.82) is 0 Å². The fourth-order valence-electron chi connectivity index (χ4n) is 3.56. The van der Waals surface area contributed by atoms with Crippen molar-refractivity contribution in [2.75, 3.05) is 36.0 Å². The lowest BCUT2D eigenvalue weighted by atomic mass is 10.2. The summed E-state index contributed by atoms with van der Waals surface area (Å²) in [7, 11) is 0. The van der Waals surface area contributed by atoms with Crippen molar-refractivity contribution in [2.45, 2.75) is 6.92 Å². The summed E-state index contributed by atoms with van der Waals surface area (Å²) in [6, 6.07) is 9.89. The molecule has 140 valence electrons. The van der Waals surface area contributed by atoms with E-state index in [0.29, 0.717) is 0 Å². The van der Waals surface area contributed by atoms with Gasteiger partial charge in [-0.25, -0.2) is 15.0 Å². The molecule has 8 nitrogen and oxygen atoms in total. The molecule has 0 N–H and O–H groups in total. The van der Waals surface area contributed by atoms with Crippen molar-refractivity contribution in [3.05, 3.63) is 60.8 Å². The number of anilines is 2. The molecule has 0 amide bonds. The van der Waals surface area contributed by atoms with Gasteiger partial charge in [-0.15, -0.1) is 0 Å². The minimum Gasteiger partial charge on any atom is -0.353 e. The maximum atomic E-state index is 4.76. The SMILES string of the molecule is Cc1cc(N2CCN(c3nccc(-c4ccncc4)n3)CC2)n2nccc2n1. The van der Waals surface area contributed by atoms with Gasteiger partial charge in [-0.3, -0.25) is 4.98 Å². The molecule has 0 saturated carbocycles. The Bertz CT molecular complexity index is 1100. The van der Waals surface area contributed by atoms with Crippen LogP contribution in [0.15, 0.2) is 55.1 Å². The van der Waals surface area contributed by atoms with Crippen LogP contribution in [0.1, 0.15) is 5.69 Å². The monoisotopic (exact) mass is 372 g/mol. The van der Waals surface area contributed by atoms with E-state index < -0.39 is 0 Å². The Balaban J connectivity index is 1.36. The van der Waals surface area contributed by atoms with Gasteiger partial charge in [0.15, 0.2) is 5.65 Å². The average molecular weight is 372 g/mol. The second-order valence-electron chi connectivity index (χ2n) is 6.81. The smallest absolute Gasteiger partial charge is 0.225 e. The normalized spacial score (nSPS) is 14.6. The predicted molar refractivity (Wildman–Crippen MR) is 107 cm³/mol. The minimum absolute atomic E-state index is 0.768. The predicted octanol–water partition coefficient (Wildman–Crippen LogP) is 2.22. The van der Waals surface area contributed by atoms with Crippen LogP contribution in [0.3, 0.4) is 0 Å². The lowest BCUT2D eigenvalue weighted by Crippen LogP contribution is -2.47. The van der Waals surface area contributed by atoms with Crippen molar-refractivity contribution in [3.63, 3.8) is 0 Å². The van der Waals surface area contributed by atoms with E-state index in [4.69, 9.17) is 4.98 Å². The molecule has 0 bridgehead atoms. The van der Waals surface area contributed by atoms with E-state index in [2.05, 4.69) is 35.9 Å². The van der Waals surface area contributed by atoms with Gasteiger partial charge in [0.1, 0.15) is 5.82 Å². The van der Waals surface area contributed by atoms with Crippen LogP contribution >= 0.6 is 0 Å². The lowest BCUT2D eigenvalue weighted by molar-refractivity contribution is 0.627. The summed E-state index contributed by atoms with van der Waals surface area (Å²) >= 11 is 0. The van der Waals surface area contributed by atoms with Crippen LogP contribution in [0.25, 0.3) is 16.9 Å². The van der Waals surface area contributed by atoms with Crippen LogP contribution in [0.4, 0.5) is 11.8 Å². The van der Waals surface area contributed by atoms with Crippen LogP contribution in [0, 0.1) is 6.92 Å². The maximum Gasteiger partial charge on any atom is 0.225 e. The number of aromatic nitrogens is 6. The van der Waals surface area contributed by atoms with E-state index in [9.17, 15) is 0 Å². The highest BCUT2D eigenvalue weighted by atomic mass is 15.4. The Morgan fingerprint density at radius 3 is 2.43 bits per heavy atom. The summed E-state index contributed by atoms with van der Waals surface area (Å²) in [4.78, 5) is 22.4. The van der Waals surface area contributed by atoms with Crippen LogP contribution < -0.4 is 9.80 Å². The van der Waals surface area contributed by atoms with Crippen LogP contribution in [-0.2, 0) is 0 Å². The number of fused-ring (bicyclic) bond motifs is 1. The number of piperazine rings is 1. The largest absolute Gasteiger partial charge is 0.353 e. The first-order chi connectivity index (χ1) is 13.8. The first-order valence-electron chi connectivity index (χ1n) is 9.33. The molecule has 4 aromatic rings. The summed E-state index contributed by atoms with van der Waals surface area (Å²) in [5.41, 5.74) is 3.84. The van der Waals surface area contributed by atoms with Gasteiger partial charge in [0.2, 0.25) is 5.95 Å². The summed E-state index contributed by atoms with van der Waals surface area (Å²) in [6.45, 7) is 5.47. The fourth-order valence-corrected chi connectivity index (χ4v) is 3.56. The Kier molecular flexibility index (Phi) is 4.08. The molecule has 0 radical (unpaired) electrons. The van der Waals surface area contributed by atoms with Crippen molar-refractivity contribution in [2.24, 2.45) is 0 Å². The van der Waals surface area contributed by atoms with E-state index in [1.807, 2.05) is 41.9 Å². The Labute approximate surface area is 162 Å². The number of hydrogen-bond acceptors (Lipinski definition) is 7. The molecule has 1 aliphatic rings. The van der Waals surface area contributed by atoms with Gasteiger partial charge in [-0.05, 0) is 25.1 Å². The molecule has 0 unspecified atom stereocenters. The van der Waals surface area contributed by atoms with Gasteiger partial charge < -0.3 is 9.80 Å². The summed E-state index contributed by atoms with van der Waals surface area (Å²) in [5, 5.41) is 4.43. The third kappa shape index (κ3) is 3.02. The molecule has 28 heavy (non-hydrogen) atoms. The standard InChI is InChI=1S/C20H20N8/c1-15-14-19(28-18(24-15)5-9-23-28)26-10-12-27(13-11-26)20-22-8-4-17(25-20)16-2-6-21-7-3-16/h2-9,14H,10-13H2,1H3. The highest BCUT2D eigenvalue weighted by molar-refractivity contribution is 5.59. The Morgan fingerprint density at radius 2 is 1.61 bits per heavy atom. The van der Waals surface area contributed by atoms with Crippen LogP contribution in [0.2, 0.25) is 0 Å². The molecule has 0 atom stereocenters. The molecule has 0 aliphatic carbocycles. The number of aryl methyl sites for hydroxylation is 1. The quantitative estimate of drug-likeness (QED) is 0.546. The van der Waals surface area contributed by atoms with Crippen molar-refractivity contribution >= 4 is 17.4 Å². The molecule has 8 heteroatoms. The first kappa shape index (κ1) is 16.6. The third-order valence-electron chi connectivity index (χ3n) is 4.97. The fraction of sp³-hybridized carbons (Fsp3) is 0.250. The molecule has 5 rings (SSSR count). The number of hydrogen-bond donors (Lipinski definition) is 0. The zero-order chi connectivity index (χ0) is 18.9. The minimum atomic E-state index is 0.768. The van der Waals surface area contributed by atoms with E-state index in [-0.39, 0.29) is 0 Å². The molecule has 5 heterocycles. The second kappa shape index (κ2) is 6.88. The number of rotatable bonds is 3. The summed E-state index contributed by atoms with van der Waals surface area (Å²) in [6.07, 6.45) is 7.18. The van der Waals surface area contributed by atoms with E-state index in [1.165, 1.54) is 0 Å². The Morgan fingerprint density at radius 1 is 0.821 bits per heavy atom. The molecule has 0 aromatic carbocycles. The van der Waals surface area contributed by atoms with Crippen molar-refractivity contribution < 1.29 is 0 Å². The topological polar surface area (TPSA) is 75.3 Å². The van der Waals surface area contributed by atoms with Gasteiger partial charge in [0.25, 0.3) is 0 Å². The molecular formula is C20H20N8. The lowest BCUT2D eigenvalue weighted by Gasteiger charge is -2.36. The van der Waals surface area contributed by atoms with Crippen LogP contribution in [0.5, 0.6) is 0 Å². The van der Waals surface area contributed by atoms with E-state index >= 15 is 0 Å². The molecule has 0 spiro atoms. The summed E-state index contributed by atoms with van der Waals surface area (Å²) < 4.78 is 1.91. The Hall–Kier alpha value is -3.55. The van der Waals surface area contributed by atoms with Crippen molar-refractivity contribution in [1.82, 2.24) is 29.5 Å². The van der Waals surface area contributed by atoms with Gasteiger partial charge >= 0.3 is 0 Å².